The van der Waals surface area contributed by atoms with Gasteiger partial charge in [-0.1, -0.05) is 103 Å². The first kappa shape index (κ1) is 28.8. The van der Waals surface area contributed by atoms with Gasteiger partial charge in [0.15, 0.2) is 0 Å². The number of hydrazine groups is 1. The van der Waals surface area contributed by atoms with Crippen molar-refractivity contribution in [3.63, 3.8) is 0 Å². The van der Waals surface area contributed by atoms with Crippen molar-refractivity contribution >= 4 is 17.9 Å². The Kier molecular flexibility index (Phi) is 10.5. The molecule has 2 atom stereocenters. The number of ether oxygens (including phenoxy) is 2. The summed E-state index contributed by atoms with van der Waals surface area (Å²) in [5.74, 6) is 4.81. The standard InChI is InChI=1S/C32H32N4O5/c33-36-30(37)28(20-23-10-4-1-5-11-23)34-31(38)29(35-32(39)41-22-25-14-8-3-9-15-25)26-16-18-27(19-17-26)40-21-24-12-6-2-7-13-24/h1-19,28-29H,20-22,33H2,(H,34,38)(H,35,39)(H,36,37). The Morgan fingerprint density at radius 2 is 1.17 bits per heavy atom. The van der Waals surface area contributed by atoms with Crippen molar-refractivity contribution < 1.29 is 23.9 Å². The SMILES string of the molecule is NNC(=O)C(Cc1ccccc1)NC(=O)C(NC(=O)OCc1ccccc1)c1ccc(OCc2ccccc2)cc1. The highest BCUT2D eigenvalue weighted by atomic mass is 16.5. The van der Waals surface area contributed by atoms with E-state index in [1.165, 1.54) is 0 Å². The summed E-state index contributed by atoms with van der Waals surface area (Å²) < 4.78 is 11.2. The summed E-state index contributed by atoms with van der Waals surface area (Å²) in [6.07, 6.45) is -0.589. The van der Waals surface area contributed by atoms with Crippen LogP contribution in [-0.2, 0) is 34.0 Å². The van der Waals surface area contributed by atoms with Gasteiger partial charge in [0.25, 0.3) is 5.91 Å². The number of hydrogen-bond acceptors (Lipinski definition) is 6. The van der Waals surface area contributed by atoms with Crippen molar-refractivity contribution in [2.45, 2.75) is 31.7 Å². The molecule has 2 unspecified atom stereocenters. The number of alkyl carbamates (subject to hydrolysis) is 1. The molecule has 4 rings (SSSR count). The second-order valence-corrected chi connectivity index (χ2v) is 9.24. The molecule has 9 nitrogen and oxygen atoms in total. The predicted molar refractivity (Wildman–Crippen MR) is 154 cm³/mol. The lowest BCUT2D eigenvalue weighted by molar-refractivity contribution is -0.130. The molecule has 9 heteroatoms. The minimum atomic E-state index is -1.16. The molecule has 0 saturated carbocycles. The minimum Gasteiger partial charge on any atom is -0.489 e. The number of nitrogens with one attached hydrogen (secondary N) is 3. The van der Waals surface area contributed by atoms with Crippen LogP contribution >= 0.6 is 0 Å². The number of carbonyl (C=O) groups is 3. The van der Waals surface area contributed by atoms with Crippen LogP contribution in [-0.4, -0.2) is 23.9 Å². The molecule has 0 saturated heterocycles. The van der Waals surface area contributed by atoms with Gasteiger partial charge in [0, 0.05) is 6.42 Å². The summed E-state index contributed by atoms with van der Waals surface area (Å²) in [5.41, 5.74) is 5.21. The Hall–Kier alpha value is -5.15. The van der Waals surface area contributed by atoms with E-state index < -0.39 is 30.0 Å². The Labute approximate surface area is 238 Å². The average Bonchev–Trinajstić information content (AvgIpc) is 3.02. The van der Waals surface area contributed by atoms with E-state index in [1.807, 2.05) is 91.0 Å². The van der Waals surface area contributed by atoms with Crippen LogP contribution in [0.25, 0.3) is 0 Å². The second-order valence-electron chi connectivity index (χ2n) is 9.24. The zero-order valence-corrected chi connectivity index (χ0v) is 22.4. The van der Waals surface area contributed by atoms with E-state index in [2.05, 4.69) is 16.1 Å². The number of carbonyl (C=O) groups excluding carboxylic acids is 3. The second kappa shape index (κ2) is 14.9. The van der Waals surface area contributed by atoms with Crippen LogP contribution in [0.15, 0.2) is 115 Å². The molecule has 41 heavy (non-hydrogen) atoms. The summed E-state index contributed by atoms with van der Waals surface area (Å²) in [6, 6.07) is 32.8. The lowest BCUT2D eigenvalue weighted by atomic mass is 10.0. The molecule has 0 fully saturated rings. The number of amides is 3. The van der Waals surface area contributed by atoms with Crippen LogP contribution in [0.1, 0.15) is 28.3 Å². The molecule has 4 aromatic rings. The first-order valence-electron chi connectivity index (χ1n) is 13.1. The van der Waals surface area contributed by atoms with Gasteiger partial charge in [-0.05, 0) is 34.4 Å². The van der Waals surface area contributed by atoms with Crippen molar-refractivity contribution in [2.24, 2.45) is 5.84 Å². The third kappa shape index (κ3) is 8.94. The first-order valence-corrected chi connectivity index (χ1v) is 13.1. The van der Waals surface area contributed by atoms with E-state index in [1.54, 1.807) is 24.3 Å². The molecule has 5 N–H and O–H groups in total. The van der Waals surface area contributed by atoms with E-state index >= 15 is 0 Å². The average molecular weight is 553 g/mol. The molecule has 0 aliphatic carbocycles. The van der Waals surface area contributed by atoms with Gasteiger partial charge in [-0.15, -0.1) is 0 Å². The molecule has 3 amide bonds. The molecule has 210 valence electrons. The maximum atomic E-state index is 13.5. The van der Waals surface area contributed by atoms with Gasteiger partial charge in [0.1, 0.15) is 31.0 Å². The van der Waals surface area contributed by atoms with Crippen LogP contribution in [0.2, 0.25) is 0 Å². The van der Waals surface area contributed by atoms with Crippen LogP contribution in [0.4, 0.5) is 4.79 Å². The molecule has 4 aromatic carbocycles. The molecular formula is C32H32N4O5. The Bertz CT molecular complexity index is 1400. The summed E-state index contributed by atoms with van der Waals surface area (Å²) in [6.45, 7) is 0.406. The van der Waals surface area contributed by atoms with Crippen LogP contribution in [0, 0.1) is 0 Å². The van der Waals surface area contributed by atoms with E-state index in [4.69, 9.17) is 15.3 Å². The zero-order chi connectivity index (χ0) is 28.9. The number of rotatable bonds is 12. The minimum absolute atomic E-state index is 0.0273. The zero-order valence-electron chi connectivity index (χ0n) is 22.4. The molecule has 0 radical (unpaired) electrons. The maximum Gasteiger partial charge on any atom is 0.408 e. The quantitative estimate of drug-likeness (QED) is 0.120. The van der Waals surface area contributed by atoms with Gasteiger partial charge in [-0.25, -0.2) is 10.6 Å². The van der Waals surface area contributed by atoms with Gasteiger partial charge < -0.3 is 20.1 Å². The maximum absolute atomic E-state index is 13.5. The van der Waals surface area contributed by atoms with Crippen molar-refractivity contribution in [1.82, 2.24) is 16.1 Å². The number of benzene rings is 4. The van der Waals surface area contributed by atoms with E-state index in [-0.39, 0.29) is 13.0 Å². The highest BCUT2D eigenvalue weighted by Crippen LogP contribution is 2.20. The first-order chi connectivity index (χ1) is 20.0. The Balaban J connectivity index is 1.49. The van der Waals surface area contributed by atoms with Crippen LogP contribution in [0.3, 0.4) is 0 Å². The fraction of sp³-hybridized carbons (Fsp3) is 0.156. The van der Waals surface area contributed by atoms with Crippen molar-refractivity contribution in [3.8, 4) is 5.75 Å². The Morgan fingerprint density at radius 1 is 0.634 bits per heavy atom. The Morgan fingerprint density at radius 3 is 1.73 bits per heavy atom. The third-order valence-corrected chi connectivity index (χ3v) is 6.26. The lowest BCUT2D eigenvalue weighted by Gasteiger charge is -2.23. The van der Waals surface area contributed by atoms with Crippen LogP contribution < -0.4 is 26.6 Å². The van der Waals surface area contributed by atoms with Crippen molar-refractivity contribution in [2.75, 3.05) is 0 Å². The number of nitrogens with two attached hydrogens (primary N) is 1. The lowest BCUT2D eigenvalue weighted by Crippen LogP contribution is -2.52. The highest BCUT2D eigenvalue weighted by Gasteiger charge is 2.28. The van der Waals surface area contributed by atoms with E-state index in [0.717, 1.165) is 16.7 Å². The fourth-order valence-electron chi connectivity index (χ4n) is 4.10. The molecule has 0 aromatic heterocycles. The molecule has 0 heterocycles. The molecule has 0 spiro atoms. The normalized spacial score (nSPS) is 11.9. The topological polar surface area (TPSA) is 132 Å². The smallest absolute Gasteiger partial charge is 0.408 e. The van der Waals surface area contributed by atoms with Gasteiger partial charge in [-0.2, -0.15) is 0 Å². The van der Waals surface area contributed by atoms with E-state index in [0.29, 0.717) is 17.9 Å². The summed E-state index contributed by atoms with van der Waals surface area (Å²) >= 11 is 0. The van der Waals surface area contributed by atoms with Gasteiger partial charge in [-0.3, -0.25) is 15.0 Å². The third-order valence-electron chi connectivity index (χ3n) is 6.26. The van der Waals surface area contributed by atoms with Crippen molar-refractivity contribution in [1.29, 1.82) is 0 Å². The predicted octanol–water partition coefficient (Wildman–Crippen LogP) is 3.95. The van der Waals surface area contributed by atoms with Gasteiger partial charge in [0.2, 0.25) is 5.91 Å². The van der Waals surface area contributed by atoms with Gasteiger partial charge >= 0.3 is 6.09 Å². The monoisotopic (exact) mass is 552 g/mol. The summed E-state index contributed by atoms with van der Waals surface area (Å²) in [4.78, 5) is 38.8. The fourth-order valence-corrected chi connectivity index (χ4v) is 4.10. The molecule has 0 aliphatic rings. The summed E-state index contributed by atoms with van der Waals surface area (Å²) in [5, 5.41) is 5.35. The number of hydrogen-bond donors (Lipinski definition) is 4. The molecule has 0 aliphatic heterocycles. The molecular weight excluding hydrogens is 520 g/mol. The van der Waals surface area contributed by atoms with Gasteiger partial charge in [0.05, 0.1) is 0 Å². The van der Waals surface area contributed by atoms with E-state index in [9.17, 15) is 14.4 Å². The highest BCUT2D eigenvalue weighted by molar-refractivity contribution is 5.92. The van der Waals surface area contributed by atoms with Crippen molar-refractivity contribution in [3.05, 3.63) is 138 Å². The largest absolute Gasteiger partial charge is 0.489 e. The van der Waals surface area contributed by atoms with Crippen LogP contribution in [0.5, 0.6) is 5.75 Å². The summed E-state index contributed by atoms with van der Waals surface area (Å²) in [7, 11) is 0. The molecule has 0 bridgehead atoms.